The maximum Gasteiger partial charge on any atom is 0.206 e. The Kier molecular flexibility index (Phi) is 6.41. The lowest BCUT2D eigenvalue weighted by Crippen LogP contribution is -2.32. The molecule has 6 heteroatoms. The summed E-state index contributed by atoms with van der Waals surface area (Å²) < 4.78 is 25.5. The van der Waals surface area contributed by atoms with Crippen LogP contribution in [0.4, 0.5) is 5.69 Å². The van der Waals surface area contributed by atoms with Gasteiger partial charge in [0.05, 0.1) is 9.79 Å². The van der Waals surface area contributed by atoms with Crippen LogP contribution in [-0.4, -0.2) is 26.4 Å². The van der Waals surface area contributed by atoms with Crippen molar-refractivity contribution >= 4 is 15.5 Å². The molecule has 0 unspecified atom stereocenters. The number of nitrogens with zero attached hydrogens (tertiary/aromatic N) is 1. The normalized spacial score (nSPS) is 15.8. The van der Waals surface area contributed by atoms with Crippen LogP contribution in [0.1, 0.15) is 35.4 Å². The van der Waals surface area contributed by atoms with Crippen molar-refractivity contribution < 1.29 is 8.42 Å². The van der Waals surface area contributed by atoms with E-state index in [0.717, 1.165) is 43.7 Å². The van der Waals surface area contributed by atoms with E-state index in [9.17, 15) is 8.42 Å². The predicted octanol–water partition coefficient (Wildman–Crippen LogP) is 3.94. The molecule has 0 radical (unpaired) electrons. The smallest absolute Gasteiger partial charge is 0.206 e. The van der Waals surface area contributed by atoms with Gasteiger partial charge in [-0.3, -0.25) is 4.90 Å². The van der Waals surface area contributed by atoms with E-state index in [0.29, 0.717) is 22.3 Å². The maximum absolute atomic E-state index is 12.8. The fraction of sp³-hybridized carbons (Fsp3) is 0.280. The quantitative estimate of drug-likeness (QED) is 0.573. The van der Waals surface area contributed by atoms with Gasteiger partial charge in [-0.05, 0) is 84.9 Å². The van der Waals surface area contributed by atoms with E-state index in [-0.39, 0.29) is 0 Å². The Hall–Kier alpha value is -2.67. The third-order valence-electron chi connectivity index (χ3n) is 6.11. The average Bonchev–Trinajstić information content (AvgIpc) is 2.80. The minimum atomic E-state index is -3.47. The fourth-order valence-corrected chi connectivity index (χ4v) is 5.63. The van der Waals surface area contributed by atoms with Gasteiger partial charge in [-0.15, -0.1) is 0 Å². The number of benzene rings is 3. The van der Waals surface area contributed by atoms with Crippen LogP contribution in [-0.2, 0) is 22.9 Å². The number of sulfone groups is 1. The van der Waals surface area contributed by atoms with E-state index < -0.39 is 9.84 Å². The largest absolute Gasteiger partial charge is 0.399 e. The van der Waals surface area contributed by atoms with Gasteiger partial charge in [0.25, 0.3) is 0 Å². The summed E-state index contributed by atoms with van der Waals surface area (Å²) in [6, 6.07) is 21.9. The Labute approximate surface area is 184 Å². The number of rotatable bonds is 6. The highest BCUT2D eigenvalue weighted by Crippen LogP contribution is 2.32. The zero-order valence-electron chi connectivity index (χ0n) is 17.6. The Morgan fingerprint density at radius 3 is 2.16 bits per heavy atom. The van der Waals surface area contributed by atoms with E-state index in [4.69, 9.17) is 11.5 Å². The van der Waals surface area contributed by atoms with Crippen LogP contribution in [0, 0.1) is 0 Å². The summed E-state index contributed by atoms with van der Waals surface area (Å²) in [6.45, 7) is 3.34. The van der Waals surface area contributed by atoms with Crippen LogP contribution in [0.5, 0.6) is 0 Å². The molecule has 0 aromatic heterocycles. The monoisotopic (exact) mass is 435 g/mol. The third-order valence-corrected chi connectivity index (χ3v) is 7.90. The molecule has 3 aromatic rings. The lowest BCUT2D eigenvalue weighted by molar-refractivity contribution is 0.204. The summed E-state index contributed by atoms with van der Waals surface area (Å²) in [5, 5.41) is 0. The average molecular weight is 436 g/mol. The molecule has 1 heterocycles. The molecular formula is C25H29N3O2S. The lowest BCUT2D eigenvalue weighted by atomic mass is 9.86. The standard InChI is InChI=1S/C25H29N3O2S/c26-17-21-8-9-22(27)16-25(21)20-12-14-28(15-13-20)18-19-6-10-24(11-7-19)31(29,30)23-4-2-1-3-5-23/h1-11,16,20H,12-15,17-18,26-27H2. The molecule has 31 heavy (non-hydrogen) atoms. The van der Waals surface area contributed by atoms with Crippen molar-refractivity contribution in [3.8, 4) is 0 Å². The van der Waals surface area contributed by atoms with E-state index in [1.165, 1.54) is 11.1 Å². The molecule has 0 aliphatic carbocycles. The molecule has 3 aromatic carbocycles. The van der Waals surface area contributed by atoms with E-state index in [2.05, 4.69) is 11.0 Å². The molecule has 1 saturated heterocycles. The minimum Gasteiger partial charge on any atom is -0.399 e. The van der Waals surface area contributed by atoms with Crippen LogP contribution in [0.2, 0.25) is 0 Å². The summed E-state index contributed by atoms with van der Waals surface area (Å²) in [7, 11) is -3.47. The number of nitrogen functional groups attached to an aromatic ring is 1. The second kappa shape index (κ2) is 9.22. The minimum absolute atomic E-state index is 0.322. The molecule has 5 nitrogen and oxygen atoms in total. The molecule has 1 aliphatic heterocycles. The van der Waals surface area contributed by atoms with Crippen molar-refractivity contribution in [1.82, 2.24) is 4.90 Å². The van der Waals surface area contributed by atoms with Gasteiger partial charge in [0.15, 0.2) is 0 Å². The number of nitrogens with two attached hydrogens (primary N) is 2. The van der Waals surface area contributed by atoms with Gasteiger partial charge in [-0.2, -0.15) is 0 Å². The molecular weight excluding hydrogens is 406 g/mol. The Morgan fingerprint density at radius 2 is 1.52 bits per heavy atom. The van der Waals surface area contributed by atoms with Crippen LogP contribution in [0.15, 0.2) is 82.6 Å². The van der Waals surface area contributed by atoms with Crippen LogP contribution in [0.3, 0.4) is 0 Å². The number of piperidine rings is 1. The molecule has 0 bridgehead atoms. The predicted molar refractivity (Wildman–Crippen MR) is 124 cm³/mol. The zero-order valence-corrected chi connectivity index (χ0v) is 18.4. The van der Waals surface area contributed by atoms with Crippen molar-refractivity contribution in [2.45, 2.75) is 41.6 Å². The fourth-order valence-electron chi connectivity index (χ4n) is 4.35. The molecule has 1 fully saturated rings. The van der Waals surface area contributed by atoms with Gasteiger partial charge in [-0.1, -0.05) is 36.4 Å². The molecule has 0 spiro atoms. The van der Waals surface area contributed by atoms with Gasteiger partial charge in [0.1, 0.15) is 0 Å². The molecule has 4 N–H and O–H groups in total. The summed E-state index contributed by atoms with van der Waals surface area (Å²) in [6.07, 6.45) is 2.13. The summed E-state index contributed by atoms with van der Waals surface area (Å²) in [5.41, 5.74) is 16.3. The maximum atomic E-state index is 12.8. The Morgan fingerprint density at radius 1 is 0.871 bits per heavy atom. The number of hydrogen-bond donors (Lipinski definition) is 2. The molecule has 0 amide bonds. The van der Waals surface area contributed by atoms with Crippen molar-refractivity contribution in [3.05, 3.63) is 89.5 Å². The van der Waals surface area contributed by atoms with Crippen molar-refractivity contribution in [1.29, 1.82) is 0 Å². The van der Waals surface area contributed by atoms with Crippen molar-refractivity contribution in [2.75, 3.05) is 18.8 Å². The first-order valence-electron chi connectivity index (χ1n) is 10.7. The highest BCUT2D eigenvalue weighted by atomic mass is 32.2. The number of hydrogen-bond acceptors (Lipinski definition) is 5. The van der Waals surface area contributed by atoms with Crippen molar-refractivity contribution in [2.24, 2.45) is 5.73 Å². The number of likely N-dealkylation sites (tertiary alicyclic amines) is 1. The summed E-state index contributed by atoms with van der Waals surface area (Å²) in [4.78, 5) is 3.08. The van der Waals surface area contributed by atoms with Crippen molar-refractivity contribution in [3.63, 3.8) is 0 Å². The lowest BCUT2D eigenvalue weighted by Gasteiger charge is -2.33. The molecule has 4 rings (SSSR count). The van der Waals surface area contributed by atoms with Crippen LogP contribution in [0.25, 0.3) is 0 Å². The van der Waals surface area contributed by atoms with Gasteiger partial charge >= 0.3 is 0 Å². The van der Waals surface area contributed by atoms with E-state index in [1.54, 1.807) is 36.4 Å². The third kappa shape index (κ3) is 4.82. The van der Waals surface area contributed by atoms with Crippen LogP contribution >= 0.6 is 0 Å². The van der Waals surface area contributed by atoms with Gasteiger partial charge in [0, 0.05) is 18.8 Å². The first-order valence-corrected chi connectivity index (χ1v) is 12.2. The van der Waals surface area contributed by atoms with Gasteiger partial charge in [-0.25, -0.2) is 8.42 Å². The van der Waals surface area contributed by atoms with E-state index >= 15 is 0 Å². The molecule has 0 saturated carbocycles. The second-order valence-corrected chi connectivity index (χ2v) is 10.1. The number of anilines is 1. The highest BCUT2D eigenvalue weighted by Gasteiger charge is 2.23. The summed E-state index contributed by atoms with van der Waals surface area (Å²) in [5.74, 6) is 0.483. The van der Waals surface area contributed by atoms with Crippen LogP contribution < -0.4 is 11.5 Å². The first kappa shape index (κ1) is 21.6. The Balaban J connectivity index is 1.39. The van der Waals surface area contributed by atoms with Gasteiger partial charge in [0.2, 0.25) is 9.84 Å². The second-order valence-electron chi connectivity index (χ2n) is 8.17. The Bertz CT molecular complexity index is 1120. The highest BCUT2D eigenvalue weighted by molar-refractivity contribution is 7.91. The molecule has 0 atom stereocenters. The summed E-state index contributed by atoms with van der Waals surface area (Å²) >= 11 is 0. The molecule has 1 aliphatic rings. The van der Waals surface area contributed by atoms with Gasteiger partial charge < -0.3 is 11.5 Å². The zero-order chi connectivity index (χ0) is 21.8. The topological polar surface area (TPSA) is 89.4 Å². The first-order chi connectivity index (χ1) is 15.0. The SMILES string of the molecule is NCc1ccc(N)cc1C1CCN(Cc2ccc(S(=O)(=O)c3ccccc3)cc2)CC1. The van der Waals surface area contributed by atoms with E-state index in [1.807, 2.05) is 30.3 Å². The molecule has 162 valence electrons.